The van der Waals surface area contributed by atoms with Gasteiger partial charge in [-0.1, -0.05) is 29.8 Å². The molecule has 0 saturated heterocycles. The van der Waals surface area contributed by atoms with Gasteiger partial charge in [-0.15, -0.1) is 0 Å². The summed E-state index contributed by atoms with van der Waals surface area (Å²) in [6, 6.07) is 17.1. The lowest BCUT2D eigenvalue weighted by Gasteiger charge is -2.16. The minimum atomic E-state index is -0.455. The molecular weight excluding hydrogens is 515 g/mol. The minimum Gasteiger partial charge on any atom is -0.438 e. The number of nitrogens with one attached hydrogen (secondary N) is 2. The van der Waals surface area contributed by atoms with Crippen LogP contribution in [-0.4, -0.2) is 21.8 Å². The molecule has 0 fully saturated rings. The predicted octanol–water partition coefficient (Wildman–Crippen LogP) is 6.30. The normalized spacial score (nSPS) is 11.5. The van der Waals surface area contributed by atoms with Gasteiger partial charge in [0.15, 0.2) is 0 Å². The molecule has 0 unspecified atom stereocenters. The van der Waals surface area contributed by atoms with Crippen molar-refractivity contribution in [3.63, 3.8) is 0 Å². The Labute approximate surface area is 222 Å². The zero-order chi connectivity index (χ0) is 26.4. The molecule has 2 aromatic carbocycles. The monoisotopic (exact) mass is 536 g/mol. The van der Waals surface area contributed by atoms with Crippen molar-refractivity contribution >= 4 is 35.4 Å². The molecule has 4 aromatic rings. The van der Waals surface area contributed by atoms with Crippen LogP contribution in [0.4, 0.5) is 4.39 Å². The Bertz CT molecular complexity index is 1400. The van der Waals surface area contributed by atoms with Gasteiger partial charge in [-0.05, 0) is 73.5 Å². The molecule has 0 spiro atoms. The molecule has 37 heavy (non-hydrogen) atoms. The average molecular weight is 537 g/mol. The lowest BCUT2D eigenvalue weighted by Crippen LogP contribution is -2.27. The molecule has 1 atom stereocenters. The smallest absolute Gasteiger partial charge is 0.261 e. The third kappa shape index (κ3) is 7.05. The van der Waals surface area contributed by atoms with Crippen molar-refractivity contribution in [2.75, 3.05) is 0 Å². The van der Waals surface area contributed by atoms with E-state index in [-0.39, 0.29) is 22.4 Å². The third-order valence-corrected chi connectivity index (χ3v) is 6.19. The van der Waals surface area contributed by atoms with Crippen molar-refractivity contribution in [3.8, 4) is 11.6 Å². The molecule has 0 aliphatic heterocycles. The van der Waals surface area contributed by atoms with Crippen molar-refractivity contribution < 1.29 is 18.7 Å². The molecule has 2 N–H and O–H groups in total. The van der Waals surface area contributed by atoms with E-state index in [1.54, 1.807) is 30.5 Å². The summed E-state index contributed by atoms with van der Waals surface area (Å²) >= 11 is 7.20. The van der Waals surface area contributed by atoms with E-state index in [4.69, 9.17) is 16.3 Å². The van der Waals surface area contributed by atoms with Gasteiger partial charge in [0, 0.05) is 29.9 Å². The van der Waals surface area contributed by atoms with Crippen LogP contribution in [0.5, 0.6) is 11.6 Å². The molecule has 4 rings (SSSR count). The number of hydrogen-bond donors (Lipinski definition) is 2. The van der Waals surface area contributed by atoms with Crippen LogP contribution >= 0.6 is 23.5 Å². The van der Waals surface area contributed by atoms with Crippen molar-refractivity contribution in [1.29, 1.82) is 0 Å². The number of ether oxygens (including phenoxy) is 1. The molecule has 0 saturated carbocycles. The Morgan fingerprint density at radius 1 is 0.973 bits per heavy atom. The maximum absolute atomic E-state index is 13.2. The van der Waals surface area contributed by atoms with Gasteiger partial charge < -0.3 is 10.1 Å². The number of rotatable bonds is 8. The van der Waals surface area contributed by atoms with Gasteiger partial charge >= 0.3 is 0 Å². The molecule has 0 aliphatic rings. The van der Waals surface area contributed by atoms with E-state index < -0.39 is 17.8 Å². The summed E-state index contributed by atoms with van der Waals surface area (Å²) in [6.45, 7) is 3.75. The molecule has 2 aromatic heterocycles. The Morgan fingerprint density at radius 3 is 2.38 bits per heavy atom. The van der Waals surface area contributed by atoms with Crippen LogP contribution in [0.2, 0.25) is 5.02 Å². The Balaban J connectivity index is 1.40. The highest BCUT2D eigenvalue weighted by atomic mass is 35.5. The minimum absolute atomic E-state index is 0.0355. The SMILES string of the molecule is Cc1ccc(SNC(=O)c2ccc([C@H](C)NC(=O)c3cc(Cl)cnc3Oc3ccc(F)cc3)cc2)nc1. The summed E-state index contributed by atoms with van der Waals surface area (Å²) in [6.07, 6.45) is 3.09. The van der Waals surface area contributed by atoms with E-state index in [0.717, 1.165) is 23.1 Å². The summed E-state index contributed by atoms with van der Waals surface area (Å²) in [7, 11) is 0. The van der Waals surface area contributed by atoms with Gasteiger partial charge in [0.1, 0.15) is 22.2 Å². The zero-order valence-corrected chi connectivity index (χ0v) is 21.4. The molecule has 188 valence electrons. The van der Waals surface area contributed by atoms with Crippen molar-refractivity contribution in [2.45, 2.75) is 24.9 Å². The fraction of sp³-hybridized carbons (Fsp3) is 0.111. The van der Waals surface area contributed by atoms with Gasteiger partial charge in [-0.2, -0.15) is 0 Å². The second-order valence-corrected chi connectivity index (χ2v) is 9.35. The first-order valence-corrected chi connectivity index (χ1v) is 12.4. The summed E-state index contributed by atoms with van der Waals surface area (Å²) in [5, 5.41) is 3.83. The fourth-order valence-electron chi connectivity index (χ4n) is 3.24. The predicted molar refractivity (Wildman–Crippen MR) is 140 cm³/mol. The maximum Gasteiger partial charge on any atom is 0.261 e. The molecule has 10 heteroatoms. The second kappa shape index (κ2) is 11.9. The Kier molecular flexibility index (Phi) is 8.37. The van der Waals surface area contributed by atoms with Gasteiger partial charge in [0.05, 0.1) is 11.1 Å². The van der Waals surface area contributed by atoms with E-state index in [2.05, 4.69) is 20.0 Å². The number of halogens is 2. The quantitative estimate of drug-likeness (QED) is 0.257. The number of nitrogens with zero attached hydrogens (tertiary/aromatic N) is 2. The first-order chi connectivity index (χ1) is 17.8. The summed E-state index contributed by atoms with van der Waals surface area (Å²) < 4.78 is 21.6. The lowest BCUT2D eigenvalue weighted by atomic mass is 10.1. The van der Waals surface area contributed by atoms with Crippen molar-refractivity contribution in [1.82, 2.24) is 20.0 Å². The van der Waals surface area contributed by atoms with E-state index in [9.17, 15) is 14.0 Å². The fourth-order valence-corrected chi connectivity index (χ4v) is 3.95. The summed E-state index contributed by atoms with van der Waals surface area (Å²) in [5.41, 5.74) is 2.42. The van der Waals surface area contributed by atoms with E-state index in [1.807, 2.05) is 26.0 Å². The summed E-state index contributed by atoms with van der Waals surface area (Å²) in [5.74, 6) is -0.767. The molecule has 0 aliphatic carbocycles. The van der Waals surface area contributed by atoms with E-state index >= 15 is 0 Å². The first-order valence-electron chi connectivity index (χ1n) is 11.2. The first kappa shape index (κ1) is 26.1. The zero-order valence-electron chi connectivity index (χ0n) is 19.9. The summed E-state index contributed by atoms with van der Waals surface area (Å²) in [4.78, 5) is 33.9. The van der Waals surface area contributed by atoms with Crippen molar-refractivity contribution in [3.05, 3.63) is 112 Å². The molecular formula is C27H22ClFN4O3S. The van der Waals surface area contributed by atoms with Crippen molar-refractivity contribution in [2.24, 2.45) is 0 Å². The Hall–Kier alpha value is -3.95. The topological polar surface area (TPSA) is 93.2 Å². The third-order valence-electron chi connectivity index (χ3n) is 5.24. The molecule has 0 radical (unpaired) electrons. The number of hydrogen-bond acceptors (Lipinski definition) is 6. The van der Waals surface area contributed by atoms with Gasteiger partial charge in [-0.25, -0.2) is 14.4 Å². The number of aryl methyl sites for hydroxylation is 1. The van der Waals surface area contributed by atoms with Crippen LogP contribution in [-0.2, 0) is 0 Å². The molecule has 0 bridgehead atoms. The van der Waals surface area contributed by atoms with E-state index in [1.165, 1.54) is 36.5 Å². The van der Waals surface area contributed by atoms with Gasteiger partial charge in [0.25, 0.3) is 11.8 Å². The number of benzene rings is 2. The van der Waals surface area contributed by atoms with Gasteiger partial charge in [0.2, 0.25) is 5.88 Å². The van der Waals surface area contributed by atoms with Crippen LogP contribution < -0.4 is 14.8 Å². The van der Waals surface area contributed by atoms with Crippen LogP contribution in [0.25, 0.3) is 0 Å². The highest BCUT2D eigenvalue weighted by molar-refractivity contribution is 7.97. The molecule has 7 nitrogen and oxygen atoms in total. The second-order valence-electron chi connectivity index (χ2n) is 8.09. The number of carbonyl (C=O) groups excluding carboxylic acids is 2. The van der Waals surface area contributed by atoms with Crippen LogP contribution in [0.15, 0.2) is 84.1 Å². The standard InChI is InChI=1S/C27H22ClFN4O3S/c1-16-3-12-24(30-14-16)37-33-25(34)19-6-4-18(5-7-19)17(2)32-26(35)23-13-20(28)15-31-27(23)36-22-10-8-21(29)9-11-22/h3-15,17H,1-2H3,(H,32,35)(H,33,34)/t17-/m0/s1. The van der Waals surface area contributed by atoms with E-state index in [0.29, 0.717) is 16.3 Å². The number of amides is 2. The van der Waals surface area contributed by atoms with Crippen LogP contribution in [0, 0.1) is 12.7 Å². The number of aromatic nitrogens is 2. The Morgan fingerprint density at radius 2 is 1.70 bits per heavy atom. The average Bonchev–Trinajstić information content (AvgIpc) is 2.90. The number of carbonyl (C=O) groups is 2. The maximum atomic E-state index is 13.2. The largest absolute Gasteiger partial charge is 0.438 e. The highest BCUT2D eigenvalue weighted by Crippen LogP contribution is 2.26. The van der Waals surface area contributed by atoms with Crippen LogP contribution in [0.3, 0.4) is 0 Å². The highest BCUT2D eigenvalue weighted by Gasteiger charge is 2.19. The van der Waals surface area contributed by atoms with Crippen LogP contribution in [0.1, 0.15) is 44.8 Å². The molecule has 2 amide bonds. The molecule has 2 heterocycles. The number of pyridine rings is 2. The van der Waals surface area contributed by atoms with Gasteiger partial charge in [-0.3, -0.25) is 14.3 Å². The lowest BCUT2D eigenvalue weighted by molar-refractivity contribution is 0.0935.